The van der Waals surface area contributed by atoms with Crippen LogP contribution in [0.15, 0.2) is 18.2 Å². The summed E-state index contributed by atoms with van der Waals surface area (Å²) in [5, 5.41) is 11.7. The van der Waals surface area contributed by atoms with Crippen LogP contribution in [0.5, 0.6) is 5.75 Å². The number of carboxylic acids is 1. The maximum atomic E-state index is 12.1. The van der Waals surface area contributed by atoms with E-state index in [-0.39, 0.29) is 30.7 Å². The van der Waals surface area contributed by atoms with Crippen LogP contribution in [0, 0.1) is 12.8 Å². The largest absolute Gasteiger partial charge is 0.496 e. The molecule has 0 bridgehead atoms. The molecule has 0 radical (unpaired) electrons. The predicted octanol–water partition coefficient (Wildman–Crippen LogP) is 2.16. The molecule has 0 saturated heterocycles. The van der Waals surface area contributed by atoms with E-state index in [0.29, 0.717) is 5.75 Å². The lowest BCUT2D eigenvalue weighted by Crippen LogP contribution is -2.40. The number of hydrogen-bond acceptors (Lipinski definition) is 3. The van der Waals surface area contributed by atoms with Gasteiger partial charge in [-0.3, -0.25) is 9.59 Å². The summed E-state index contributed by atoms with van der Waals surface area (Å²) in [5.41, 5.74) is 1.84. The zero-order chi connectivity index (χ0) is 16.0. The molecule has 0 aliphatic carbocycles. The van der Waals surface area contributed by atoms with E-state index in [1.165, 1.54) is 0 Å². The Bertz CT molecular complexity index is 511. The number of benzene rings is 1. The number of rotatable bonds is 7. The third-order valence-electron chi connectivity index (χ3n) is 3.33. The molecule has 1 aromatic carbocycles. The molecule has 1 rings (SSSR count). The van der Waals surface area contributed by atoms with Gasteiger partial charge in [0.1, 0.15) is 5.75 Å². The summed E-state index contributed by atoms with van der Waals surface area (Å²) in [4.78, 5) is 23.0. The second-order valence-corrected chi connectivity index (χ2v) is 5.51. The van der Waals surface area contributed by atoms with Crippen molar-refractivity contribution in [1.82, 2.24) is 5.32 Å². The summed E-state index contributed by atoms with van der Waals surface area (Å²) in [5.74, 6) is -0.388. The maximum absolute atomic E-state index is 12.1. The monoisotopic (exact) mass is 293 g/mol. The average Bonchev–Trinajstić information content (AvgIpc) is 2.37. The van der Waals surface area contributed by atoms with Gasteiger partial charge in [0.2, 0.25) is 5.91 Å². The van der Waals surface area contributed by atoms with E-state index in [4.69, 9.17) is 9.84 Å². The number of methoxy groups -OCH3 is 1. The summed E-state index contributed by atoms with van der Waals surface area (Å²) in [6.45, 7) is 5.73. The van der Waals surface area contributed by atoms with Gasteiger partial charge in [-0.15, -0.1) is 0 Å². The van der Waals surface area contributed by atoms with Gasteiger partial charge in [-0.05, 0) is 18.9 Å². The lowest BCUT2D eigenvalue weighted by molar-refractivity contribution is -0.138. The van der Waals surface area contributed by atoms with E-state index in [1.54, 1.807) is 7.11 Å². The topological polar surface area (TPSA) is 75.6 Å². The van der Waals surface area contributed by atoms with Crippen molar-refractivity contribution in [3.63, 3.8) is 0 Å². The van der Waals surface area contributed by atoms with Gasteiger partial charge >= 0.3 is 5.97 Å². The van der Waals surface area contributed by atoms with Gasteiger partial charge in [0.25, 0.3) is 0 Å². The second kappa shape index (κ2) is 7.67. The highest BCUT2D eigenvalue weighted by molar-refractivity contribution is 5.80. The van der Waals surface area contributed by atoms with Crippen LogP contribution < -0.4 is 10.1 Å². The minimum atomic E-state index is -0.915. The van der Waals surface area contributed by atoms with Crippen LogP contribution >= 0.6 is 0 Å². The number of carboxylic acid groups (broad SMARTS) is 1. The molecule has 0 fully saturated rings. The Kier molecular flexibility index (Phi) is 6.21. The first kappa shape index (κ1) is 17.0. The molecule has 116 valence electrons. The van der Waals surface area contributed by atoms with Gasteiger partial charge in [-0.1, -0.05) is 31.5 Å². The van der Waals surface area contributed by atoms with Gasteiger partial charge in [-0.25, -0.2) is 0 Å². The summed E-state index contributed by atoms with van der Waals surface area (Å²) >= 11 is 0. The Balaban J connectivity index is 2.76. The van der Waals surface area contributed by atoms with E-state index >= 15 is 0 Å². The van der Waals surface area contributed by atoms with Crippen LogP contribution in [0.3, 0.4) is 0 Å². The molecule has 0 heterocycles. The predicted molar refractivity (Wildman–Crippen MR) is 80.5 cm³/mol. The van der Waals surface area contributed by atoms with Crippen molar-refractivity contribution < 1.29 is 19.4 Å². The van der Waals surface area contributed by atoms with Gasteiger partial charge in [0, 0.05) is 11.6 Å². The highest BCUT2D eigenvalue weighted by Crippen LogP contribution is 2.20. The van der Waals surface area contributed by atoms with Crippen LogP contribution in [-0.2, 0) is 16.0 Å². The maximum Gasteiger partial charge on any atom is 0.305 e. The van der Waals surface area contributed by atoms with E-state index in [0.717, 1.165) is 11.1 Å². The molecule has 0 saturated carbocycles. The van der Waals surface area contributed by atoms with E-state index in [2.05, 4.69) is 5.32 Å². The first-order chi connectivity index (χ1) is 9.83. The molecule has 5 heteroatoms. The number of ether oxygens (including phenoxy) is 1. The van der Waals surface area contributed by atoms with Crippen LogP contribution in [0.2, 0.25) is 0 Å². The summed E-state index contributed by atoms with van der Waals surface area (Å²) in [6, 6.07) is 5.28. The zero-order valence-electron chi connectivity index (χ0n) is 13.0. The first-order valence-corrected chi connectivity index (χ1v) is 6.98. The third-order valence-corrected chi connectivity index (χ3v) is 3.33. The van der Waals surface area contributed by atoms with Gasteiger partial charge < -0.3 is 15.2 Å². The molecular weight excluding hydrogens is 270 g/mol. The molecule has 5 nitrogen and oxygen atoms in total. The SMILES string of the molecule is COc1ccc(C)cc1CC(=O)NC(CC(=O)O)C(C)C. The number of carbonyl (C=O) groups is 2. The molecule has 21 heavy (non-hydrogen) atoms. The molecule has 0 aliphatic rings. The molecule has 1 atom stereocenters. The minimum absolute atomic E-state index is 0.0597. The van der Waals surface area contributed by atoms with E-state index in [9.17, 15) is 9.59 Å². The smallest absolute Gasteiger partial charge is 0.305 e. The molecule has 0 spiro atoms. The fraction of sp³-hybridized carbons (Fsp3) is 0.500. The second-order valence-electron chi connectivity index (χ2n) is 5.51. The Morgan fingerprint density at radius 2 is 2.00 bits per heavy atom. The standard InChI is InChI=1S/C16H23NO4/c1-10(2)13(9-16(19)20)17-15(18)8-12-7-11(3)5-6-14(12)21-4/h5-7,10,13H,8-9H2,1-4H3,(H,17,18)(H,19,20). The fourth-order valence-corrected chi connectivity index (χ4v) is 2.12. The number of aliphatic carboxylic acids is 1. The molecule has 2 N–H and O–H groups in total. The van der Waals surface area contributed by atoms with Crippen LogP contribution in [0.1, 0.15) is 31.4 Å². The molecular formula is C16H23NO4. The van der Waals surface area contributed by atoms with Crippen molar-refractivity contribution >= 4 is 11.9 Å². The van der Waals surface area contributed by atoms with Crippen molar-refractivity contribution in [2.45, 2.75) is 39.7 Å². The zero-order valence-corrected chi connectivity index (χ0v) is 13.0. The normalized spacial score (nSPS) is 12.0. The Morgan fingerprint density at radius 1 is 1.33 bits per heavy atom. The average molecular weight is 293 g/mol. The number of aryl methyl sites for hydroxylation is 1. The summed E-state index contributed by atoms with van der Waals surface area (Å²) < 4.78 is 5.24. The highest BCUT2D eigenvalue weighted by Gasteiger charge is 2.20. The summed E-state index contributed by atoms with van der Waals surface area (Å²) in [7, 11) is 1.56. The Morgan fingerprint density at radius 3 is 2.52 bits per heavy atom. The molecule has 1 unspecified atom stereocenters. The van der Waals surface area contributed by atoms with Crippen LogP contribution in [0.4, 0.5) is 0 Å². The summed E-state index contributed by atoms with van der Waals surface area (Å²) in [6.07, 6.45) is 0.0993. The van der Waals surface area contributed by atoms with E-state index in [1.807, 2.05) is 39.0 Å². The quantitative estimate of drug-likeness (QED) is 0.808. The minimum Gasteiger partial charge on any atom is -0.496 e. The fourth-order valence-electron chi connectivity index (χ4n) is 2.12. The van der Waals surface area contributed by atoms with Crippen molar-refractivity contribution in [3.8, 4) is 5.75 Å². The Hall–Kier alpha value is -2.04. The lowest BCUT2D eigenvalue weighted by Gasteiger charge is -2.21. The Labute approximate surface area is 125 Å². The van der Waals surface area contributed by atoms with Gasteiger partial charge in [0.15, 0.2) is 0 Å². The molecule has 0 aromatic heterocycles. The van der Waals surface area contributed by atoms with E-state index < -0.39 is 5.97 Å². The highest BCUT2D eigenvalue weighted by atomic mass is 16.5. The van der Waals surface area contributed by atoms with Crippen LogP contribution in [-0.4, -0.2) is 30.1 Å². The van der Waals surface area contributed by atoms with Crippen molar-refractivity contribution in [3.05, 3.63) is 29.3 Å². The molecule has 1 amide bonds. The lowest BCUT2D eigenvalue weighted by atomic mass is 10.00. The number of carbonyl (C=O) groups excluding carboxylic acids is 1. The van der Waals surface area contributed by atoms with Crippen molar-refractivity contribution in [2.24, 2.45) is 5.92 Å². The number of hydrogen-bond donors (Lipinski definition) is 2. The van der Waals surface area contributed by atoms with Crippen molar-refractivity contribution in [2.75, 3.05) is 7.11 Å². The van der Waals surface area contributed by atoms with Gasteiger partial charge in [-0.2, -0.15) is 0 Å². The number of amides is 1. The van der Waals surface area contributed by atoms with Crippen molar-refractivity contribution in [1.29, 1.82) is 0 Å². The van der Waals surface area contributed by atoms with Crippen LogP contribution in [0.25, 0.3) is 0 Å². The van der Waals surface area contributed by atoms with Gasteiger partial charge in [0.05, 0.1) is 20.0 Å². The third kappa shape index (κ3) is 5.45. The first-order valence-electron chi connectivity index (χ1n) is 6.98. The molecule has 1 aromatic rings. The molecule has 0 aliphatic heterocycles. The number of nitrogens with one attached hydrogen (secondary N) is 1.